The van der Waals surface area contributed by atoms with E-state index in [9.17, 15) is 9.90 Å². The summed E-state index contributed by atoms with van der Waals surface area (Å²) in [5.74, 6) is 2.21. The summed E-state index contributed by atoms with van der Waals surface area (Å²) in [6.07, 6.45) is 4.96. The Kier molecular flexibility index (Phi) is 2.65. The number of ether oxygens (including phenoxy) is 3. The molecule has 5 rings (SSSR count). The van der Waals surface area contributed by atoms with Crippen LogP contribution >= 0.6 is 0 Å². The van der Waals surface area contributed by atoms with Gasteiger partial charge in [-0.15, -0.1) is 0 Å². The topological polar surface area (TPSA) is 65.0 Å². The first-order valence-corrected chi connectivity index (χ1v) is 8.31. The van der Waals surface area contributed by atoms with Crippen molar-refractivity contribution in [1.82, 2.24) is 0 Å². The Morgan fingerprint density at radius 2 is 2.08 bits per heavy atom. The maximum atomic E-state index is 11.8. The minimum Gasteiger partial charge on any atom is -0.504 e. The van der Waals surface area contributed by atoms with E-state index in [0.717, 1.165) is 24.3 Å². The number of fused-ring (bicyclic) bond motifs is 2. The van der Waals surface area contributed by atoms with Crippen molar-refractivity contribution in [3.05, 3.63) is 47.4 Å². The molecular formula is C19H18O5. The summed E-state index contributed by atoms with van der Waals surface area (Å²) in [4.78, 5) is 11.8. The second kappa shape index (κ2) is 4.56. The summed E-state index contributed by atoms with van der Waals surface area (Å²) < 4.78 is 16.9. The number of ketones is 1. The van der Waals surface area contributed by atoms with Crippen LogP contribution in [0.2, 0.25) is 0 Å². The molecule has 1 saturated carbocycles. The predicted molar refractivity (Wildman–Crippen MR) is 84.8 cm³/mol. The van der Waals surface area contributed by atoms with Gasteiger partial charge in [0.25, 0.3) is 0 Å². The molecule has 4 atom stereocenters. The van der Waals surface area contributed by atoms with Gasteiger partial charge in [0.05, 0.1) is 5.41 Å². The van der Waals surface area contributed by atoms with E-state index in [1.54, 1.807) is 6.08 Å². The third-order valence-corrected chi connectivity index (χ3v) is 5.98. The maximum Gasteiger partial charge on any atom is 0.231 e. The van der Waals surface area contributed by atoms with Gasteiger partial charge in [0, 0.05) is 12.5 Å². The van der Waals surface area contributed by atoms with Gasteiger partial charge >= 0.3 is 0 Å². The van der Waals surface area contributed by atoms with Gasteiger partial charge in [0.2, 0.25) is 12.6 Å². The zero-order valence-electron chi connectivity index (χ0n) is 13.3. The summed E-state index contributed by atoms with van der Waals surface area (Å²) in [6, 6.07) is 6.08. The fourth-order valence-corrected chi connectivity index (χ4v) is 4.70. The quantitative estimate of drug-likeness (QED) is 0.858. The zero-order chi connectivity index (χ0) is 16.5. The van der Waals surface area contributed by atoms with Crippen molar-refractivity contribution in [2.75, 3.05) is 6.79 Å². The Balaban J connectivity index is 1.57. The van der Waals surface area contributed by atoms with Crippen LogP contribution < -0.4 is 9.47 Å². The van der Waals surface area contributed by atoms with Crippen LogP contribution in [0.4, 0.5) is 0 Å². The molecule has 5 heteroatoms. The maximum absolute atomic E-state index is 11.8. The van der Waals surface area contributed by atoms with Crippen LogP contribution in [0.25, 0.3) is 0 Å². The fourth-order valence-electron chi connectivity index (χ4n) is 4.70. The highest BCUT2D eigenvalue weighted by Crippen LogP contribution is 2.60. The van der Waals surface area contributed by atoms with E-state index >= 15 is 0 Å². The molecule has 2 aliphatic heterocycles. The Hall–Kier alpha value is -2.43. The normalized spacial score (nSPS) is 35.9. The number of aliphatic hydroxyl groups excluding tert-OH is 1. The molecule has 1 N–H and O–H groups in total. The van der Waals surface area contributed by atoms with Gasteiger partial charge in [-0.3, -0.25) is 4.79 Å². The average molecular weight is 326 g/mol. The lowest BCUT2D eigenvalue weighted by molar-refractivity contribution is -0.114. The van der Waals surface area contributed by atoms with Crippen LogP contribution in [0.3, 0.4) is 0 Å². The molecule has 5 nitrogen and oxygen atoms in total. The summed E-state index contributed by atoms with van der Waals surface area (Å²) in [7, 11) is 0. The Morgan fingerprint density at radius 3 is 2.96 bits per heavy atom. The van der Waals surface area contributed by atoms with Gasteiger partial charge in [-0.2, -0.15) is 0 Å². The Labute approximate surface area is 139 Å². The molecule has 2 heterocycles. The van der Waals surface area contributed by atoms with E-state index in [1.807, 2.05) is 12.1 Å². The molecule has 0 amide bonds. The van der Waals surface area contributed by atoms with Crippen molar-refractivity contribution in [2.24, 2.45) is 11.3 Å². The molecule has 2 bridgehead atoms. The molecule has 1 aromatic rings. The number of allylic oxidation sites excluding steroid dienone is 2. The van der Waals surface area contributed by atoms with Gasteiger partial charge in [-0.1, -0.05) is 13.0 Å². The van der Waals surface area contributed by atoms with E-state index in [2.05, 4.69) is 13.0 Å². The molecule has 0 aromatic heterocycles. The lowest BCUT2D eigenvalue weighted by Crippen LogP contribution is -2.37. The number of aliphatic hydroxyl groups is 1. The average Bonchev–Trinajstić information content (AvgIpc) is 3.14. The summed E-state index contributed by atoms with van der Waals surface area (Å²) >= 11 is 0. The highest BCUT2D eigenvalue weighted by molar-refractivity contribution is 6.03. The van der Waals surface area contributed by atoms with Crippen LogP contribution in [0, 0.1) is 11.3 Å². The predicted octanol–water partition coefficient (Wildman–Crippen LogP) is 3.22. The van der Waals surface area contributed by atoms with Crippen LogP contribution in [0.1, 0.15) is 31.2 Å². The highest BCUT2D eigenvalue weighted by atomic mass is 16.7. The van der Waals surface area contributed by atoms with Crippen LogP contribution in [-0.4, -0.2) is 23.8 Å². The molecule has 4 aliphatic rings. The minimum atomic E-state index is -0.387. The van der Waals surface area contributed by atoms with Crippen molar-refractivity contribution in [1.29, 1.82) is 0 Å². The van der Waals surface area contributed by atoms with E-state index in [-0.39, 0.29) is 41.7 Å². The number of hydrogen-bond donors (Lipinski definition) is 1. The van der Waals surface area contributed by atoms with Gasteiger partial charge in [0.1, 0.15) is 11.9 Å². The van der Waals surface area contributed by atoms with E-state index in [0.29, 0.717) is 5.76 Å². The summed E-state index contributed by atoms with van der Waals surface area (Å²) in [5.41, 5.74) is 0.799. The molecule has 1 saturated heterocycles. The van der Waals surface area contributed by atoms with Gasteiger partial charge in [0.15, 0.2) is 17.3 Å². The Morgan fingerprint density at radius 1 is 1.25 bits per heavy atom. The van der Waals surface area contributed by atoms with E-state index < -0.39 is 0 Å². The minimum absolute atomic E-state index is 0.0674. The molecule has 1 aromatic carbocycles. The number of benzene rings is 1. The third kappa shape index (κ3) is 1.72. The van der Waals surface area contributed by atoms with Crippen molar-refractivity contribution in [3.8, 4) is 11.5 Å². The van der Waals surface area contributed by atoms with Crippen molar-refractivity contribution < 1.29 is 24.1 Å². The van der Waals surface area contributed by atoms with Gasteiger partial charge < -0.3 is 19.3 Å². The van der Waals surface area contributed by atoms with Gasteiger partial charge in [-0.05, 0) is 42.0 Å². The van der Waals surface area contributed by atoms with E-state index in [4.69, 9.17) is 14.2 Å². The second-order valence-electron chi connectivity index (χ2n) is 7.13. The first-order valence-electron chi connectivity index (χ1n) is 8.31. The molecule has 1 spiro atoms. The number of hydrogen-bond acceptors (Lipinski definition) is 5. The molecule has 124 valence electrons. The monoisotopic (exact) mass is 326 g/mol. The molecular weight excluding hydrogens is 308 g/mol. The van der Waals surface area contributed by atoms with Crippen LogP contribution in [0.15, 0.2) is 41.9 Å². The molecule has 24 heavy (non-hydrogen) atoms. The van der Waals surface area contributed by atoms with Crippen molar-refractivity contribution in [3.63, 3.8) is 0 Å². The molecule has 4 unspecified atom stereocenters. The SMILES string of the molecule is CC1C(c2ccc3c(c2)OCO3)CC2CC13C=C(O)C(=O)C=C3O2. The first-order chi connectivity index (χ1) is 11.6. The lowest BCUT2D eigenvalue weighted by Gasteiger charge is -2.41. The number of carbonyl (C=O) groups excluding carboxylic acids is 1. The number of carbonyl (C=O) groups is 1. The highest BCUT2D eigenvalue weighted by Gasteiger charge is 2.56. The first kappa shape index (κ1) is 14.0. The fraction of sp³-hybridized carbons (Fsp3) is 0.421. The zero-order valence-corrected chi connectivity index (χ0v) is 13.3. The summed E-state index contributed by atoms with van der Waals surface area (Å²) in [5, 5.41) is 10.0. The molecule has 2 aliphatic carbocycles. The summed E-state index contributed by atoms with van der Waals surface area (Å²) in [6.45, 7) is 2.44. The molecule has 2 fully saturated rings. The Bertz CT molecular complexity index is 808. The number of rotatable bonds is 1. The smallest absolute Gasteiger partial charge is 0.231 e. The van der Waals surface area contributed by atoms with Crippen LogP contribution in [0.5, 0.6) is 11.5 Å². The lowest BCUT2D eigenvalue weighted by atomic mass is 9.59. The van der Waals surface area contributed by atoms with E-state index in [1.165, 1.54) is 11.6 Å². The van der Waals surface area contributed by atoms with Crippen LogP contribution in [-0.2, 0) is 9.53 Å². The third-order valence-electron chi connectivity index (χ3n) is 5.98. The molecule has 0 radical (unpaired) electrons. The van der Waals surface area contributed by atoms with Crippen molar-refractivity contribution >= 4 is 5.78 Å². The second-order valence-corrected chi connectivity index (χ2v) is 7.13. The van der Waals surface area contributed by atoms with Gasteiger partial charge in [-0.25, -0.2) is 0 Å². The largest absolute Gasteiger partial charge is 0.504 e. The standard InChI is InChI=1S/C19H18O5/c1-10-13(11-2-3-16-17(4-11)23-9-22-16)5-12-7-19(10)8-15(21)14(20)6-18(19)24-12/h2-4,6,8,10,12-13,21H,5,7,9H2,1H3. The van der Waals surface area contributed by atoms with Crippen molar-refractivity contribution in [2.45, 2.75) is 31.8 Å².